The van der Waals surface area contributed by atoms with Gasteiger partial charge in [0.25, 0.3) is 0 Å². The Morgan fingerprint density at radius 2 is 2.25 bits per heavy atom. The van der Waals surface area contributed by atoms with Crippen LogP contribution in [0.15, 0.2) is 36.5 Å². The summed E-state index contributed by atoms with van der Waals surface area (Å²) >= 11 is 0. The summed E-state index contributed by atoms with van der Waals surface area (Å²) in [6.07, 6.45) is 2.24. The maximum absolute atomic E-state index is 12.1. The largest absolute Gasteiger partial charge is 0.378 e. The number of rotatable bonds is 5. The molecule has 0 bridgehead atoms. The van der Waals surface area contributed by atoms with Gasteiger partial charge in [0.05, 0.1) is 31.1 Å². The Morgan fingerprint density at radius 3 is 2.96 bits per heavy atom. The van der Waals surface area contributed by atoms with Gasteiger partial charge in [-0.2, -0.15) is 0 Å². The minimum absolute atomic E-state index is 0. The Hall–Kier alpha value is -1.96. The highest BCUT2D eigenvalue weighted by molar-refractivity contribution is 5.85. The number of para-hydroxylation sites is 1. The SMILES string of the molecule is CC(NC(=O)CC1COCCN1)c1cn(-c2ccccc2)nn1.Cl. The normalized spacial score (nSPS) is 18.5. The molecule has 0 spiro atoms. The second-order valence-electron chi connectivity index (χ2n) is 5.64. The van der Waals surface area contributed by atoms with Crippen LogP contribution in [0.3, 0.4) is 0 Å². The van der Waals surface area contributed by atoms with Gasteiger partial charge in [-0.3, -0.25) is 4.79 Å². The first-order valence-corrected chi connectivity index (χ1v) is 7.80. The minimum atomic E-state index is -0.190. The lowest BCUT2D eigenvalue weighted by molar-refractivity contribution is -0.122. The number of hydrogen-bond donors (Lipinski definition) is 2. The number of carbonyl (C=O) groups excluding carboxylic acids is 1. The summed E-state index contributed by atoms with van der Waals surface area (Å²) in [5.74, 6) is -0.0187. The molecule has 1 saturated heterocycles. The van der Waals surface area contributed by atoms with Crippen LogP contribution < -0.4 is 10.6 Å². The summed E-state index contributed by atoms with van der Waals surface area (Å²) in [6.45, 7) is 3.98. The number of carbonyl (C=O) groups is 1. The monoisotopic (exact) mass is 351 g/mol. The van der Waals surface area contributed by atoms with Crippen LogP contribution in [-0.2, 0) is 9.53 Å². The van der Waals surface area contributed by atoms with Crippen molar-refractivity contribution in [3.8, 4) is 5.69 Å². The lowest BCUT2D eigenvalue weighted by atomic mass is 10.1. The first-order valence-electron chi connectivity index (χ1n) is 7.80. The molecule has 1 aliphatic heterocycles. The summed E-state index contributed by atoms with van der Waals surface area (Å²) in [5.41, 5.74) is 1.67. The molecular formula is C16H22ClN5O2. The molecule has 1 amide bonds. The number of aromatic nitrogens is 3. The molecule has 2 aromatic rings. The average molecular weight is 352 g/mol. The Morgan fingerprint density at radius 1 is 1.46 bits per heavy atom. The predicted molar refractivity (Wildman–Crippen MR) is 92.4 cm³/mol. The molecule has 2 heterocycles. The zero-order valence-electron chi connectivity index (χ0n) is 13.5. The van der Waals surface area contributed by atoms with E-state index >= 15 is 0 Å². The fourth-order valence-electron chi connectivity index (χ4n) is 2.53. The van der Waals surface area contributed by atoms with Gasteiger partial charge in [0.2, 0.25) is 5.91 Å². The summed E-state index contributed by atoms with van der Waals surface area (Å²) in [7, 11) is 0. The molecule has 1 aromatic heterocycles. The number of nitrogens with one attached hydrogen (secondary N) is 2. The van der Waals surface area contributed by atoms with Gasteiger partial charge in [-0.15, -0.1) is 17.5 Å². The van der Waals surface area contributed by atoms with Crippen molar-refractivity contribution >= 4 is 18.3 Å². The van der Waals surface area contributed by atoms with Crippen LogP contribution in [0, 0.1) is 0 Å². The molecule has 8 heteroatoms. The lowest BCUT2D eigenvalue weighted by Crippen LogP contribution is -2.44. The molecule has 1 aliphatic rings. The number of amides is 1. The Kier molecular flexibility index (Phi) is 6.72. The van der Waals surface area contributed by atoms with Gasteiger partial charge in [-0.1, -0.05) is 23.4 Å². The number of ether oxygens (including phenoxy) is 1. The van der Waals surface area contributed by atoms with Crippen molar-refractivity contribution in [3.05, 3.63) is 42.2 Å². The van der Waals surface area contributed by atoms with Crippen LogP contribution in [0.4, 0.5) is 0 Å². The predicted octanol–water partition coefficient (Wildman–Crippen LogP) is 1.24. The molecule has 7 nitrogen and oxygen atoms in total. The van der Waals surface area contributed by atoms with Gasteiger partial charge >= 0.3 is 0 Å². The van der Waals surface area contributed by atoms with Crippen molar-refractivity contribution in [2.75, 3.05) is 19.8 Å². The zero-order valence-corrected chi connectivity index (χ0v) is 14.3. The number of halogens is 1. The molecule has 1 aromatic carbocycles. The molecule has 0 saturated carbocycles. The first kappa shape index (κ1) is 18.4. The third-order valence-corrected chi connectivity index (χ3v) is 3.78. The van der Waals surface area contributed by atoms with Crippen molar-refractivity contribution in [1.82, 2.24) is 25.6 Å². The molecule has 3 rings (SSSR count). The summed E-state index contributed by atoms with van der Waals surface area (Å²) in [6, 6.07) is 9.64. The van der Waals surface area contributed by atoms with Gasteiger partial charge in [0, 0.05) is 19.0 Å². The van der Waals surface area contributed by atoms with Crippen molar-refractivity contribution in [2.45, 2.75) is 25.4 Å². The lowest BCUT2D eigenvalue weighted by Gasteiger charge is -2.23. The smallest absolute Gasteiger partial charge is 0.222 e. The van der Waals surface area contributed by atoms with Crippen LogP contribution in [0.5, 0.6) is 0 Å². The molecule has 0 radical (unpaired) electrons. The van der Waals surface area contributed by atoms with Gasteiger partial charge in [-0.05, 0) is 19.1 Å². The molecule has 2 atom stereocenters. The quantitative estimate of drug-likeness (QED) is 0.847. The molecular weight excluding hydrogens is 330 g/mol. The second-order valence-corrected chi connectivity index (χ2v) is 5.64. The molecule has 24 heavy (non-hydrogen) atoms. The Balaban J connectivity index is 0.00000208. The Labute approximate surface area is 147 Å². The van der Waals surface area contributed by atoms with Gasteiger partial charge < -0.3 is 15.4 Å². The zero-order chi connectivity index (χ0) is 16.1. The van der Waals surface area contributed by atoms with Crippen molar-refractivity contribution in [1.29, 1.82) is 0 Å². The highest BCUT2D eigenvalue weighted by Gasteiger charge is 2.19. The number of hydrogen-bond acceptors (Lipinski definition) is 5. The fraction of sp³-hybridized carbons (Fsp3) is 0.438. The van der Waals surface area contributed by atoms with E-state index in [0.717, 1.165) is 17.9 Å². The van der Waals surface area contributed by atoms with Crippen LogP contribution in [0.1, 0.15) is 25.1 Å². The third-order valence-electron chi connectivity index (χ3n) is 3.78. The van der Waals surface area contributed by atoms with Crippen LogP contribution in [0.25, 0.3) is 5.69 Å². The number of benzene rings is 1. The molecule has 1 fully saturated rings. The highest BCUT2D eigenvalue weighted by atomic mass is 35.5. The summed E-state index contributed by atoms with van der Waals surface area (Å²) < 4.78 is 7.06. The number of nitrogens with zero attached hydrogens (tertiary/aromatic N) is 3. The van der Waals surface area contributed by atoms with E-state index in [0.29, 0.717) is 19.6 Å². The summed E-state index contributed by atoms with van der Waals surface area (Å²) in [4.78, 5) is 12.1. The summed E-state index contributed by atoms with van der Waals surface area (Å²) in [5, 5.41) is 14.5. The van der Waals surface area contributed by atoms with E-state index in [1.807, 2.05) is 43.5 Å². The van der Waals surface area contributed by atoms with E-state index in [4.69, 9.17) is 4.74 Å². The highest BCUT2D eigenvalue weighted by Crippen LogP contribution is 2.12. The molecule has 2 unspecified atom stereocenters. The standard InChI is InChI=1S/C16H21N5O2.ClH/c1-12(18-16(22)9-13-11-23-8-7-17-13)15-10-21(20-19-15)14-5-3-2-4-6-14;/h2-6,10,12-13,17H,7-9,11H2,1H3,(H,18,22);1H. The van der Waals surface area contributed by atoms with E-state index in [1.165, 1.54) is 0 Å². The first-order chi connectivity index (χ1) is 11.2. The number of morpholine rings is 1. The second kappa shape index (κ2) is 8.77. The molecule has 130 valence electrons. The average Bonchev–Trinajstić information content (AvgIpc) is 3.06. The molecule has 0 aliphatic carbocycles. The maximum Gasteiger partial charge on any atom is 0.222 e. The van der Waals surface area contributed by atoms with Crippen LogP contribution in [0.2, 0.25) is 0 Å². The van der Waals surface area contributed by atoms with E-state index in [-0.39, 0.29) is 30.4 Å². The van der Waals surface area contributed by atoms with Gasteiger partial charge in [-0.25, -0.2) is 4.68 Å². The van der Waals surface area contributed by atoms with Crippen LogP contribution in [-0.4, -0.2) is 46.7 Å². The topological polar surface area (TPSA) is 81.1 Å². The third kappa shape index (κ3) is 4.77. The van der Waals surface area contributed by atoms with E-state index in [1.54, 1.807) is 4.68 Å². The van der Waals surface area contributed by atoms with E-state index < -0.39 is 0 Å². The van der Waals surface area contributed by atoms with Gasteiger partial charge in [0.1, 0.15) is 5.69 Å². The van der Waals surface area contributed by atoms with E-state index in [2.05, 4.69) is 20.9 Å². The fourth-order valence-corrected chi connectivity index (χ4v) is 2.53. The minimum Gasteiger partial charge on any atom is -0.378 e. The van der Waals surface area contributed by atoms with Crippen LogP contribution >= 0.6 is 12.4 Å². The van der Waals surface area contributed by atoms with Crippen molar-refractivity contribution < 1.29 is 9.53 Å². The maximum atomic E-state index is 12.1. The van der Waals surface area contributed by atoms with Crippen molar-refractivity contribution in [3.63, 3.8) is 0 Å². The van der Waals surface area contributed by atoms with Crippen molar-refractivity contribution in [2.24, 2.45) is 0 Å². The Bertz CT molecular complexity index is 643. The van der Waals surface area contributed by atoms with Gasteiger partial charge in [0.15, 0.2) is 0 Å². The molecule has 2 N–H and O–H groups in total. The van der Waals surface area contributed by atoms with E-state index in [9.17, 15) is 4.79 Å².